The number of thiophene rings is 1. The molecule has 0 aliphatic carbocycles. The van der Waals surface area contributed by atoms with Crippen molar-refractivity contribution in [2.45, 2.75) is 32.9 Å². The fourth-order valence-electron chi connectivity index (χ4n) is 1.41. The summed E-state index contributed by atoms with van der Waals surface area (Å²) in [5.41, 5.74) is 1.55. The number of rotatable bonds is 5. The van der Waals surface area contributed by atoms with Crippen LogP contribution in [0.3, 0.4) is 0 Å². The standard InChI is InChI=1S/C11H20N2S/c1-9-5-6-14-10(9)7-13-11(2,3)8-12-4/h5-6,12-13H,7-8H2,1-4H3. The maximum absolute atomic E-state index is 3.55. The molecule has 0 amide bonds. The quantitative estimate of drug-likeness (QED) is 0.781. The van der Waals surface area contributed by atoms with Gasteiger partial charge in [-0.1, -0.05) is 0 Å². The molecule has 0 aliphatic heterocycles. The van der Waals surface area contributed by atoms with Crippen LogP contribution in [0.5, 0.6) is 0 Å². The van der Waals surface area contributed by atoms with Gasteiger partial charge in [-0.15, -0.1) is 11.3 Å². The molecule has 0 unspecified atom stereocenters. The average Bonchev–Trinajstić information content (AvgIpc) is 2.48. The Bertz CT molecular complexity index is 279. The average molecular weight is 212 g/mol. The van der Waals surface area contributed by atoms with Gasteiger partial charge in [0.2, 0.25) is 0 Å². The molecule has 0 saturated carbocycles. The highest BCUT2D eigenvalue weighted by Gasteiger charge is 2.15. The summed E-state index contributed by atoms with van der Waals surface area (Å²) in [6, 6.07) is 2.17. The third-order valence-corrected chi connectivity index (χ3v) is 3.34. The van der Waals surface area contributed by atoms with Crippen molar-refractivity contribution in [2.75, 3.05) is 13.6 Å². The van der Waals surface area contributed by atoms with Gasteiger partial charge in [0.15, 0.2) is 0 Å². The highest BCUT2D eigenvalue weighted by molar-refractivity contribution is 7.10. The number of aryl methyl sites for hydroxylation is 1. The monoisotopic (exact) mass is 212 g/mol. The topological polar surface area (TPSA) is 24.1 Å². The third-order valence-electron chi connectivity index (χ3n) is 2.31. The number of nitrogens with one attached hydrogen (secondary N) is 2. The molecule has 1 aromatic rings. The van der Waals surface area contributed by atoms with Crippen LogP contribution in [0.4, 0.5) is 0 Å². The van der Waals surface area contributed by atoms with E-state index >= 15 is 0 Å². The maximum Gasteiger partial charge on any atom is 0.0307 e. The van der Waals surface area contributed by atoms with E-state index in [1.807, 2.05) is 18.4 Å². The molecule has 0 aromatic carbocycles. The molecular formula is C11H20N2S. The van der Waals surface area contributed by atoms with Gasteiger partial charge < -0.3 is 10.6 Å². The Morgan fingerprint density at radius 3 is 2.64 bits per heavy atom. The summed E-state index contributed by atoms with van der Waals surface area (Å²) in [6.07, 6.45) is 0. The van der Waals surface area contributed by atoms with Gasteiger partial charge in [-0.05, 0) is 44.8 Å². The Balaban J connectivity index is 2.44. The van der Waals surface area contributed by atoms with E-state index in [2.05, 4.69) is 42.9 Å². The lowest BCUT2D eigenvalue weighted by Crippen LogP contribution is -2.46. The molecule has 3 heteroatoms. The van der Waals surface area contributed by atoms with Crippen molar-refractivity contribution in [2.24, 2.45) is 0 Å². The van der Waals surface area contributed by atoms with Gasteiger partial charge in [-0.25, -0.2) is 0 Å². The summed E-state index contributed by atoms with van der Waals surface area (Å²) in [5, 5.41) is 8.89. The third kappa shape index (κ3) is 3.40. The van der Waals surface area contributed by atoms with E-state index in [0.717, 1.165) is 13.1 Å². The predicted molar refractivity (Wildman–Crippen MR) is 63.9 cm³/mol. The molecule has 1 rings (SSSR count). The van der Waals surface area contributed by atoms with Gasteiger partial charge in [0.1, 0.15) is 0 Å². The lowest BCUT2D eigenvalue weighted by Gasteiger charge is -2.25. The second-order valence-electron chi connectivity index (χ2n) is 4.29. The molecule has 14 heavy (non-hydrogen) atoms. The number of likely N-dealkylation sites (N-methyl/N-ethyl adjacent to an activating group) is 1. The first kappa shape index (κ1) is 11.7. The van der Waals surface area contributed by atoms with Gasteiger partial charge >= 0.3 is 0 Å². The van der Waals surface area contributed by atoms with Crippen molar-refractivity contribution in [3.8, 4) is 0 Å². The van der Waals surface area contributed by atoms with Gasteiger partial charge in [0.05, 0.1) is 0 Å². The Hall–Kier alpha value is -0.380. The number of hydrogen-bond donors (Lipinski definition) is 2. The van der Waals surface area contributed by atoms with Crippen LogP contribution in [-0.4, -0.2) is 19.1 Å². The van der Waals surface area contributed by atoms with E-state index in [1.165, 1.54) is 10.4 Å². The molecule has 0 bridgehead atoms. The van der Waals surface area contributed by atoms with Crippen molar-refractivity contribution in [1.29, 1.82) is 0 Å². The Morgan fingerprint density at radius 1 is 1.43 bits per heavy atom. The lowest BCUT2D eigenvalue weighted by molar-refractivity contribution is 0.375. The summed E-state index contributed by atoms with van der Waals surface area (Å²) < 4.78 is 0. The molecule has 2 N–H and O–H groups in total. The molecule has 1 heterocycles. The summed E-state index contributed by atoms with van der Waals surface area (Å²) in [6.45, 7) is 8.55. The molecule has 0 spiro atoms. The minimum Gasteiger partial charge on any atom is -0.318 e. The van der Waals surface area contributed by atoms with Crippen molar-refractivity contribution < 1.29 is 0 Å². The molecular weight excluding hydrogens is 192 g/mol. The fraction of sp³-hybridized carbons (Fsp3) is 0.636. The zero-order chi connectivity index (χ0) is 10.6. The first-order valence-electron chi connectivity index (χ1n) is 4.98. The first-order chi connectivity index (χ1) is 6.55. The summed E-state index contributed by atoms with van der Waals surface area (Å²) in [7, 11) is 1.99. The van der Waals surface area contributed by atoms with Gasteiger partial charge in [-0.2, -0.15) is 0 Å². The van der Waals surface area contributed by atoms with Crippen LogP contribution in [0, 0.1) is 6.92 Å². The van der Waals surface area contributed by atoms with Crippen LogP contribution in [0.1, 0.15) is 24.3 Å². The first-order valence-corrected chi connectivity index (χ1v) is 5.86. The minimum absolute atomic E-state index is 0.158. The molecule has 0 fully saturated rings. The fourth-order valence-corrected chi connectivity index (χ4v) is 2.26. The highest BCUT2D eigenvalue weighted by Crippen LogP contribution is 2.16. The SMILES string of the molecule is CNCC(C)(C)NCc1sccc1C. The van der Waals surface area contributed by atoms with E-state index in [1.54, 1.807) is 0 Å². The summed E-state index contributed by atoms with van der Waals surface area (Å²) in [5.74, 6) is 0. The molecule has 0 atom stereocenters. The Morgan fingerprint density at radius 2 is 2.14 bits per heavy atom. The van der Waals surface area contributed by atoms with E-state index in [0.29, 0.717) is 0 Å². The van der Waals surface area contributed by atoms with Crippen LogP contribution >= 0.6 is 11.3 Å². The smallest absolute Gasteiger partial charge is 0.0307 e. The van der Waals surface area contributed by atoms with Crippen LogP contribution in [-0.2, 0) is 6.54 Å². The van der Waals surface area contributed by atoms with Gasteiger partial charge in [0, 0.05) is 23.5 Å². The summed E-state index contributed by atoms with van der Waals surface area (Å²) >= 11 is 1.83. The zero-order valence-electron chi connectivity index (χ0n) is 9.48. The van der Waals surface area contributed by atoms with Gasteiger partial charge in [-0.3, -0.25) is 0 Å². The molecule has 2 nitrogen and oxygen atoms in total. The molecule has 0 saturated heterocycles. The van der Waals surface area contributed by atoms with Crippen molar-refractivity contribution in [3.05, 3.63) is 21.9 Å². The predicted octanol–water partition coefficient (Wildman–Crippen LogP) is 2.14. The molecule has 1 aromatic heterocycles. The molecule has 0 radical (unpaired) electrons. The minimum atomic E-state index is 0.158. The molecule has 0 aliphatic rings. The zero-order valence-corrected chi connectivity index (χ0v) is 10.3. The highest BCUT2D eigenvalue weighted by atomic mass is 32.1. The molecule has 80 valence electrons. The van der Waals surface area contributed by atoms with Crippen LogP contribution < -0.4 is 10.6 Å². The normalized spacial score (nSPS) is 12.0. The van der Waals surface area contributed by atoms with Crippen LogP contribution in [0.25, 0.3) is 0 Å². The second kappa shape index (κ2) is 4.91. The van der Waals surface area contributed by atoms with Crippen molar-refractivity contribution in [1.82, 2.24) is 10.6 Å². The van der Waals surface area contributed by atoms with Crippen molar-refractivity contribution >= 4 is 11.3 Å². The number of hydrogen-bond acceptors (Lipinski definition) is 3. The van der Waals surface area contributed by atoms with E-state index in [9.17, 15) is 0 Å². The largest absolute Gasteiger partial charge is 0.318 e. The summed E-state index contributed by atoms with van der Waals surface area (Å²) in [4.78, 5) is 1.44. The Kier molecular flexibility index (Phi) is 4.11. The van der Waals surface area contributed by atoms with Crippen LogP contribution in [0.2, 0.25) is 0 Å². The van der Waals surface area contributed by atoms with Crippen molar-refractivity contribution in [3.63, 3.8) is 0 Å². The van der Waals surface area contributed by atoms with Gasteiger partial charge in [0.25, 0.3) is 0 Å². The maximum atomic E-state index is 3.55. The lowest BCUT2D eigenvalue weighted by atomic mass is 10.1. The van der Waals surface area contributed by atoms with E-state index in [4.69, 9.17) is 0 Å². The Labute approximate surface area is 90.7 Å². The van der Waals surface area contributed by atoms with E-state index in [-0.39, 0.29) is 5.54 Å². The van der Waals surface area contributed by atoms with Crippen LogP contribution in [0.15, 0.2) is 11.4 Å². The van der Waals surface area contributed by atoms with E-state index < -0.39 is 0 Å². The second-order valence-corrected chi connectivity index (χ2v) is 5.30.